The van der Waals surface area contributed by atoms with Crippen LogP contribution in [0.15, 0.2) is 24.5 Å². The topological polar surface area (TPSA) is 38.7 Å². The predicted octanol–water partition coefficient (Wildman–Crippen LogP) is 3.07. The SMILES string of the molecule is Clc1ccc(-c2ncc3c(n2)CCCC3)cn1. The van der Waals surface area contributed by atoms with E-state index in [0.29, 0.717) is 5.15 Å². The molecule has 0 aromatic carbocycles. The Morgan fingerprint density at radius 1 is 1.00 bits per heavy atom. The summed E-state index contributed by atoms with van der Waals surface area (Å²) in [7, 11) is 0. The fourth-order valence-electron chi connectivity index (χ4n) is 2.12. The molecule has 1 aliphatic carbocycles. The van der Waals surface area contributed by atoms with Crippen LogP contribution in [0.25, 0.3) is 11.4 Å². The lowest BCUT2D eigenvalue weighted by Crippen LogP contribution is -2.07. The van der Waals surface area contributed by atoms with Crippen molar-refractivity contribution in [3.05, 3.63) is 40.9 Å². The highest BCUT2D eigenvalue weighted by Gasteiger charge is 2.12. The van der Waals surface area contributed by atoms with Crippen molar-refractivity contribution < 1.29 is 0 Å². The highest BCUT2D eigenvalue weighted by Crippen LogP contribution is 2.22. The summed E-state index contributed by atoms with van der Waals surface area (Å²) >= 11 is 5.76. The normalized spacial score (nSPS) is 14.4. The zero-order chi connectivity index (χ0) is 11.7. The Balaban J connectivity index is 2.01. The van der Waals surface area contributed by atoms with Gasteiger partial charge < -0.3 is 0 Å². The van der Waals surface area contributed by atoms with Crippen LogP contribution in [0.5, 0.6) is 0 Å². The van der Waals surface area contributed by atoms with Crippen LogP contribution < -0.4 is 0 Å². The van der Waals surface area contributed by atoms with Gasteiger partial charge in [0.1, 0.15) is 5.15 Å². The Kier molecular flexibility index (Phi) is 2.77. The van der Waals surface area contributed by atoms with Gasteiger partial charge in [-0.25, -0.2) is 15.0 Å². The number of aryl methyl sites for hydroxylation is 2. The monoisotopic (exact) mass is 245 g/mol. The van der Waals surface area contributed by atoms with E-state index in [2.05, 4.69) is 15.0 Å². The van der Waals surface area contributed by atoms with Crippen molar-refractivity contribution in [3.8, 4) is 11.4 Å². The molecule has 17 heavy (non-hydrogen) atoms. The van der Waals surface area contributed by atoms with E-state index in [1.165, 1.54) is 24.1 Å². The van der Waals surface area contributed by atoms with Crippen LogP contribution in [-0.2, 0) is 12.8 Å². The van der Waals surface area contributed by atoms with E-state index >= 15 is 0 Å². The van der Waals surface area contributed by atoms with Gasteiger partial charge in [0.15, 0.2) is 5.82 Å². The van der Waals surface area contributed by atoms with Crippen molar-refractivity contribution in [1.82, 2.24) is 15.0 Å². The summed E-state index contributed by atoms with van der Waals surface area (Å²) in [6.45, 7) is 0. The van der Waals surface area contributed by atoms with Crippen molar-refractivity contribution >= 4 is 11.6 Å². The summed E-state index contributed by atoms with van der Waals surface area (Å²) in [6.07, 6.45) is 8.30. The second-order valence-electron chi connectivity index (χ2n) is 4.24. The lowest BCUT2D eigenvalue weighted by Gasteiger charge is -2.14. The molecule has 0 N–H and O–H groups in total. The number of pyridine rings is 1. The molecule has 0 spiro atoms. The molecule has 2 heterocycles. The lowest BCUT2D eigenvalue weighted by molar-refractivity contribution is 0.663. The van der Waals surface area contributed by atoms with E-state index in [1.54, 1.807) is 12.3 Å². The Labute approximate surface area is 105 Å². The summed E-state index contributed by atoms with van der Waals surface area (Å²) in [5.74, 6) is 0.745. The van der Waals surface area contributed by atoms with Gasteiger partial charge >= 0.3 is 0 Å². The first kappa shape index (κ1) is 10.7. The molecule has 0 saturated carbocycles. The second-order valence-corrected chi connectivity index (χ2v) is 4.63. The second kappa shape index (κ2) is 4.41. The van der Waals surface area contributed by atoms with Crippen LogP contribution in [-0.4, -0.2) is 15.0 Å². The van der Waals surface area contributed by atoms with Crippen LogP contribution in [0.2, 0.25) is 5.15 Å². The highest BCUT2D eigenvalue weighted by molar-refractivity contribution is 6.29. The minimum absolute atomic E-state index is 0.492. The van der Waals surface area contributed by atoms with Crippen molar-refractivity contribution in [3.63, 3.8) is 0 Å². The fourth-order valence-corrected chi connectivity index (χ4v) is 2.23. The number of aromatic nitrogens is 3. The molecular weight excluding hydrogens is 234 g/mol. The van der Waals surface area contributed by atoms with E-state index in [9.17, 15) is 0 Å². The third-order valence-corrected chi connectivity index (χ3v) is 3.27. The first-order chi connectivity index (χ1) is 8.33. The summed E-state index contributed by atoms with van der Waals surface area (Å²) in [5, 5.41) is 0.492. The van der Waals surface area contributed by atoms with Crippen molar-refractivity contribution in [2.24, 2.45) is 0 Å². The number of hydrogen-bond acceptors (Lipinski definition) is 3. The first-order valence-electron chi connectivity index (χ1n) is 5.79. The third kappa shape index (κ3) is 2.15. The molecule has 2 aromatic heterocycles. The molecule has 0 fully saturated rings. The summed E-state index contributed by atoms with van der Waals surface area (Å²) < 4.78 is 0. The van der Waals surface area contributed by atoms with E-state index in [4.69, 9.17) is 11.6 Å². The van der Waals surface area contributed by atoms with Gasteiger partial charge in [-0.2, -0.15) is 0 Å². The van der Waals surface area contributed by atoms with Crippen molar-refractivity contribution in [1.29, 1.82) is 0 Å². The van der Waals surface area contributed by atoms with E-state index < -0.39 is 0 Å². The summed E-state index contributed by atoms with van der Waals surface area (Å²) in [5.41, 5.74) is 3.40. The van der Waals surface area contributed by atoms with Crippen molar-refractivity contribution in [2.75, 3.05) is 0 Å². The molecule has 3 nitrogen and oxygen atoms in total. The minimum Gasteiger partial charge on any atom is -0.244 e. The molecule has 86 valence electrons. The van der Waals surface area contributed by atoms with Crippen molar-refractivity contribution in [2.45, 2.75) is 25.7 Å². The van der Waals surface area contributed by atoms with Gasteiger partial charge in [0, 0.05) is 23.7 Å². The number of rotatable bonds is 1. The smallest absolute Gasteiger partial charge is 0.160 e. The largest absolute Gasteiger partial charge is 0.244 e. The lowest BCUT2D eigenvalue weighted by atomic mass is 9.97. The maximum Gasteiger partial charge on any atom is 0.160 e. The van der Waals surface area contributed by atoms with Crippen LogP contribution in [0.1, 0.15) is 24.1 Å². The molecule has 0 bridgehead atoms. The van der Waals surface area contributed by atoms with Gasteiger partial charge in [0.2, 0.25) is 0 Å². The van der Waals surface area contributed by atoms with Gasteiger partial charge in [0.05, 0.1) is 0 Å². The standard InChI is InChI=1S/C13H12ClN3/c14-12-6-5-10(8-15-12)13-16-7-9-3-1-2-4-11(9)17-13/h5-8H,1-4H2. The molecule has 3 rings (SSSR count). The molecule has 0 aliphatic heterocycles. The van der Waals surface area contributed by atoms with Gasteiger partial charge in [0.25, 0.3) is 0 Å². The van der Waals surface area contributed by atoms with E-state index in [-0.39, 0.29) is 0 Å². The number of fused-ring (bicyclic) bond motifs is 1. The Morgan fingerprint density at radius 2 is 1.88 bits per heavy atom. The van der Waals surface area contributed by atoms with Crippen LogP contribution in [0.3, 0.4) is 0 Å². The molecule has 0 unspecified atom stereocenters. The molecule has 0 radical (unpaired) electrons. The summed E-state index contributed by atoms with van der Waals surface area (Å²) in [4.78, 5) is 13.1. The fraction of sp³-hybridized carbons (Fsp3) is 0.308. The summed E-state index contributed by atoms with van der Waals surface area (Å²) in [6, 6.07) is 3.67. The number of hydrogen-bond donors (Lipinski definition) is 0. The van der Waals surface area contributed by atoms with Gasteiger partial charge in [-0.1, -0.05) is 11.6 Å². The van der Waals surface area contributed by atoms with Gasteiger partial charge in [-0.15, -0.1) is 0 Å². The third-order valence-electron chi connectivity index (χ3n) is 3.05. The predicted molar refractivity (Wildman–Crippen MR) is 66.9 cm³/mol. The molecule has 0 saturated heterocycles. The Morgan fingerprint density at radius 3 is 2.71 bits per heavy atom. The molecule has 0 amide bonds. The Bertz CT molecular complexity index is 537. The highest BCUT2D eigenvalue weighted by atomic mass is 35.5. The number of nitrogens with zero attached hydrogens (tertiary/aromatic N) is 3. The Hall–Kier alpha value is -1.48. The maximum atomic E-state index is 5.76. The van der Waals surface area contributed by atoms with Gasteiger partial charge in [-0.05, 0) is 43.4 Å². The van der Waals surface area contributed by atoms with E-state index in [1.807, 2.05) is 12.3 Å². The molecule has 0 atom stereocenters. The zero-order valence-corrected chi connectivity index (χ0v) is 10.1. The molecular formula is C13H12ClN3. The average Bonchev–Trinajstić information content (AvgIpc) is 2.39. The zero-order valence-electron chi connectivity index (χ0n) is 9.36. The molecule has 2 aromatic rings. The van der Waals surface area contributed by atoms with Gasteiger partial charge in [-0.3, -0.25) is 0 Å². The molecule has 4 heteroatoms. The van der Waals surface area contributed by atoms with Crippen LogP contribution in [0.4, 0.5) is 0 Å². The van der Waals surface area contributed by atoms with Crippen LogP contribution in [0, 0.1) is 0 Å². The van der Waals surface area contributed by atoms with Crippen LogP contribution >= 0.6 is 11.6 Å². The molecule has 1 aliphatic rings. The minimum atomic E-state index is 0.492. The quantitative estimate of drug-likeness (QED) is 0.725. The van der Waals surface area contributed by atoms with E-state index in [0.717, 1.165) is 24.2 Å². The first-order valence-corrected chi connectivity index (χ1v) is 6.17. The number of halogens is 1. The average molecular weight is 246 g/mol. The maximum absolute atomic E-state index is 5.76.